The molecule has 0 N–H and O–H groups in total. The van der Waals surface area contributed by atoms with E-state index >= 15 is 0 Å². The predicted molar refractivity (Wildman–Crippen MR) is 34.8 cm³/mol. The van der Waals surface area contributed by atoms with E-state index in [1.54, 1.807) is 0 Å². The van der Waals surface area contributed by atoms with Crippen LogP contribution in [0.4, 0.5) is 0 Å². The van der Waals surface area contributed by atoms with Gasteiger partial charge in [0.05, 0.1) is 0 Å². The molecule has 0 aromatic heterocycles. The summed E-state index contributed by atoms with van der Waals surface area (Å²) in [5, 5.41) is -1.03. The van der Waals surface area contributed by atoms with E-state index in [1.807, 2.05) is 0 Å². The molecule has 10 heavy (non-hydrogen) atoms. The number of carbonyl (C=O) groups is 2. The summed E-state index contributed by atoms with van der Waals surface area (Å²) in [5.41, 5.74) is 7.45. The first-order valence-corrected chi connectivity index (χ1v) is 2.96. The van der Waals surface area contributed by atoms with Gasteiger partial charge in [0.15, 0.2) is 0 Å². The third-order valence-electron chi connectivity index (χ3n) is 0.871. The van der Waals surface area contributed by atoms with E-state index in [4.69, 9.17) is 17.1 Å². The van der Waals surface area contributed by atoms with Crippen LogP contribution in [0.5, 0.6) is 0 Å². The quantitative estimate of drug-likeness (QED) is 0.197. The summed E-state index contributed by atoms with van der Waals surface area (Å²) in [6.45, 7) is 1.54. The molecule has 0 amide bonds. The van der Waals surface area contributed by atoms with Crippen LogP contribution in [-0.4, -0.2) is 21.5 Å². The van der Waals surface area contributed by atoms with Crippen LogP contribution in [0.1, 0.15) is 13.3 Å². The summed E-state index contributed by atoms with van der Waals surface area (Å²) in [6.07, 6.45) is 0.0951. The molecular formula is C5H5ClN2O2. The molecule has 0 fully saturated rings. The average Bonchev–Trinajstić information content (AvgIpc) is 1.88. The third kappa shape index (κ3) is 2.09. The molecule has 54 valence electrons. The molecule has 0 saturated heterocycles. The van der Waals surface area contributed by atoms with E-state index in [0.717, 1.165) is 0 Å². The van der Waals surface area contributed by atoms with Crippen LogP contribution in [0, 0.1) is 0 Å². The van der Waals surface area contributed by atoms with E-state index in [-0.39, 0.29) is 6.42 Å². The van der Waals surface area contributed by atoms with Gasteiger partial charge < -0.3 is 5.53 Å². The van der Waals surface area contributed by atoms with Gasteiger partial charge in [0.1, 0.15) is 0 Å². The van der Waals surface area contributed by atoms with E-state index < -0.39 is 16.7 Å². The van der Waals surface area contributed by atoms with Crippen molar-refractivity contribution < 1.29 is 14.4 Å². The third-order valence-corrected chi connectivity index (χ3v) is 1.05. The zero-order valence-electron chi connectivity index (χ0n) is 5.30. The van der Waals surface area contributed by atoms with Gasteiger partial charge in [-0.3, -0.25) is 9.59 Å². The molecule has 0 rings (SSSR count). The summed E-state index contributed by atoms with van der Waals surface area (Å²) in [5.74, 6) is -0.567. The molecule has 0 unspecified atom stereocenters. The van der Waals surface area contributed by atoms with E-state index in [1.165, 1.54) is 6.92 Å². The van der Waals surface area contributed by atoms with Gasteiger partial charge >= 0.3 is 11.0 Å². The summed E-state index contributed by atoms with van der Waals surface area (Å²) < 4.78 is 0. The van der Waals surface area contributed by atoms with Crippen LogP contribution >= 0.6 is 11.6 Å². The second-order valence-corrected chi connectivity index (χ2v) is 1.84. The molecule has 0 aliphatic carbocycles. The SMILES string of the molecule is CCC(=O)C(=[N+]=[N-])C(=O)Cl. The lowest BCUT2D eigenvalue weighted by atomic mass is 10.2. The summed E-state index contributed by atoms with van der Waals surface area (Å²) in [4.78, 5) is 23.3. The number of halogens is 1. The Bertz CT molecular complexity index is 218. The Morgan fingerprint density at radius 1 is 1.60 bits per heavy atom. The first kappa shape index (κ1) is 9.01. The minimum atomic E-state index is -1.03. The fourth-order valence-electron chi connectivity index (χ4n) is 0.372. The van der Waals surface area contributed by atoms with Crippen LogP contribution in [-0.2, 0) is 9.59 Å². The maximum Gasteiger partial charge on any atom is 0.416 e. The molecule has 0 aliphatic rings. The number of Topliss-reactive ketones (excluding diaryl/α,β-unsaturated/α-hetero) is 1. The standard InChI is InChI=1S/C5H5ClN2O2/c1-2-3(9)4(8-7)5(6)10/h2H2,1H3. The van der Waals surface area contributed by atoms with E-state index in [2.05, 4.69) is 4.79 Å². The van der Waals surface area contributed by atoms with Crippen molar-refractivity contribution in [2.24, 2.45) is 0 Å². The zero-order valence-corrected chi connectivity index (χ0v) is 6.05. The van der Waals surface area contributed by atoms with E-state index in [9.17, 15) is 9.59 Å². The number of ketones is 1. The average molecular weight is 161 g/mol. The Morgan fingerprint density at radius 2 is 2.10 bits per heavy atom. The fourth-order valence-corrected chi connectivity index (χ4v) is 0.515. The number of nitrogens with zero attached hydrogens (tertiary/aromatic N) is 2. The molecule has 0 heterocycles. The first-order valence-electron chi connectivity index (χ1n) is 2.58. The molecule has 4 nitrogen and oxygen atoms in total. The number of carbonyl (C=O) groups excluding carboxylic acids is 2. The first-order chi connectivity index (χ1) is 4.63. The lowest BCUT2D eigenvalue weighted by molar-refractivity contribution is -0.120. The highest BCUT2D eigenvalue weighted by Crippen LogP contribution is 1.88. The van der Waals surface area contributed by atoms with Gasteiger partial charge in [-0.15, -0.1) is 0 Å². The van der Waals surface area contributed by atoms with Crippen molar-refractivity contribution in [2.75, 3.05) is 0 Å². The van der Waals surface area contributed by atoms with E-state index in [0.29, 0.717) is 0 Å². The Morgan fingerprint density at radius 3 is 2.20 bits per heavy atom. The summed E-state index contributed by atoms with van der Waals surface area (Å²) >= 11 is 4.87. The lowest BCUT2D eigenvalue weighted by Gasteiger charge is -1.81. The Hall–Kier alpha value is -0.990. The van der Waals surface area contributed by atoms with Crippen molar-refractivity contribution in [3.05, 3.63) is 5.53 Å². The normalized spacial score (nSPS) is 8.20. The molecule has 0 aliphatic heterocycles. The highest BCUT2D eigenvalue weighted by atomic mass is 35.5. The number of hydrogen-bond acceptors (Lipinski definition) is 2. The topological polar surface area (TPSA) is 70.5 Å². The van der Waals surface area contributed by atoms with Crippen LogP contribution < -0.4 is 0 Å². The largest absolute Gasteiger partial charge is 0.416 e. The Balaban J connectivity index is 4.56. The molecule has 0 atom stereocenters. The molecule has 0 aromatic rings. The second kappa shape index (κ2) is 3.93. The summed E-state index contributed by atoms with van der Waals surface area (Å²) in [6, 6.07) is 0. The number of rotatable bonds is 3. The van der Waals surface area contributed by atoms with Crippen LogP contribution in [0.15, 0.2) is 0 Å². The van der Waals surface area contributed by atoms with Gasteiger partial charge in [-0.25, -0.2) is 0 Å². The van der Waals surface area contributed by atoms with Gasteiger partial charge in [0, 0.05) is 6.42 Å². The van der Waals surface area contributed by atoms with Gasteiger partial charge in [0.25, 0.3) is 0 Å². The smallest absolute Gasteiger partial charge is 0.360 e. The summed E-state index contributed by atoms with van der Waals surface area (Å²) in [7, 11) is 0. The fraction of sp³-hybridized carbons (Fsp3) is 0.400. The molecule has 0 bridgehead atoms. The number of hydrogen-bond donors (Lipinski definition) is 0. The van der Waals surface area contributed by atoms with Crippen molar-refractivity contribution in [3.8, 4) is 0 Å². The van der Waals surface area contributed by atoms with Gasteiger partial charge in [-0.05, 0) is 11.6 Å². The molecule has 0 saturated carbocycles. The Kier molecular flexibility index (Phi) is 3.54. The Labute approximate surface area is 62.4 Å². The van der Waals surface area contributed by atoms with Crippen LogP contribution in [0.3, 0.4) is 0 Å². The van der Waals surface area contributed by atoms with Gasteiger partial charge in [0.2, 0.25) is 5.78 Å². The molecular weight excluding hydrogens is 156 g/mol. The predicted octanol–water partition coefficient (Wildman–Crippen LogP) is 0.402. The monoisotopic (exact) mass is 160 g/mol. The highest BCUT2D eigenvalue weighted by molar-refractivity contribution is 6.90. The minimum Gasteiger partial charge on any atom is -0.360 e. The van der Waals surface area contributed by atoms with Gasteiger partial charge in [-0.2, -0.15) is 4.79 Å². The van der Waals surface area contributed by atoms with Crippen molar-refractivity contribution in [2.45, 2.75) is 13.3 Å². The second-order valence-electron chi connectivity index (χ2n) is 1.50. The molecule has 5 heteroatoms. The van der Waals surface area contributed by atoms with Crippen molar-refractivity contribution in [1.29, 1.82) is 0 Å². The maximum atomic E-state index is 10.6. The minimum absolute atomic E-state index is 0.0951. The maximum absolute atomic E-state index is 10.6. The van der Waals surface area contributed by atoms with Crippen molar-refractivity contribution in [3.63, 3.8) is 0 Å². The highest BCUT2D eigenvalue weighted by Gasteiger charge is 2.25. The molecule has 0 spiro atoms. The van der Waals surface area contributed by atoms with Gasteiger partial charge in [-0.1, -0.05) is 6.92 Å². The lowest BCUT2D eigenvalue weighted by Crippen LogP contribution is -2.20. The van der Waals surface area contributed by atoms with Crippen molar-refractivity contribution in [1.82, 2.24) is 0 Å². The molecule has 0 aromatic carbocycles. The van der Waals surface area contributed by atoms with Crippen LogP contribution in [0.25, 0.3) is 5.53 Å². The van der Waals surface area contributed by atoms with Crippen LogP contribution in [0.2, 0.25) is 0 Å². The van der Waals surface area contributed by atoms with Crippen molar-refractivity contribution >= 4 is 28.3 Å². The molecule has 0 radical (unpaired) electrons. The zero-order chi connectivity index (χ0) is 8.15.